The van der Waals surface area contributed by atoms with Crippen molar-refractivity contribution >= 4 is 33.3 Å². The van der Waals surface area contributed by atoms with Crippen molar-refractivity contribution in [2.75, 3.05) is 49.9 Å². The first-order valence-electron chi connectivity index (χ1n) is 11.0. The van der Waals surface area contributed by atoms with E-state index in [2.05, 4.69) is 0 Å². The summed E-state index contributed by atoms with van der Waals surface area (Å²) in [4.78, 5) is 15.4. The lowest BCUT2D eigenvalue weighted by molar-refractivity contribution is -0.137. The average Bonchev–Trinajstić information content (AvgIpc) is 3.18. The van der Waals surface area contributed by atoms with Gasteiger partial charge in [0, 0.05) is 44.0 Å². The molecule has 2 saturated heterocycles. The van der Waals surface area contributed by atoms with Crippen molar-refractivity contribution in [1.29, 1.82) is 5.41 Å². The number of rotatable bonds is 6. The summed E-state index contributed by atoms with van der Waals surface area (Å²) >= 11 is 0. The van der Waals surface area contributed by atoms with E-state index in [4.69, 9.17) is 21.6 Å². The van der Waals surface area contributed by atoms with Crippen molar-refractivity contribution in [2.24, 2.45) is 5.73 Å². The zero-order chi connectivity index (χ0) is 26.3. The molecule has 5 N–H and O–H groups in total. The molecule has 4 rings (SSSR count). The third-order valence-electron chi connectivity index (χ3n) is 6.11. The van der Waals surface area contributed by atoms with Crippen molar-refractivity contribution in [2.45, 2.75) is 17.2 Å². The number of carbonyl (C=O) groups is 1. The molecule has 0 radical (unpaired) electrons. The number of carbonyl (C=O) groups excluding carboxylic acids is 1. The molecule has 0 saturated carbocycles. The number of nitrogen functional groups attached to an aromatic ring is 2. The van der Waals surface area contributed by atoms with Gasteiger partial charge in [0.05, 0.1) is 17.8 Å². The number of amides is 1. The molecular weight excluding hydrogens is 501 g/mol. The van der Waals surface area contributed by atoms with Crippen LogP contribution in [0, 0.1) is 5.41 Å². The van der Waals surface area contributed by atoms with E-state index in [0.717, 1.165) is 6.07 Å². The minimum atomic E-state index is -4.63. The molecule has 194 valence electrons. The Balaban J connectivity index is 1.34. The van der Waals surface area contributed by atoms with Crippen molar-refractivity contribution in [3.05, 3.63) is 53.6 Å². The second-order valence-corrected chi connectivity index (χ2v) is 10.4. The number of nitrogens with two attached hydrogens (primary N) is 2. The number of halogens is 3. The van der Waals surface area contributed by atoms with Gasteiger partial charge in [0.2, 0.25) is 10.0 Å². The molecule has 0 aromatic heterocycles. The highest BCUT2D eigenvalue weighted by molar-refractivity contribution is 7.89. The standard InChI is InChI=1S/C22H25F3N6O4S/c23-22(24,25)15-3-6-19(18(26)11-15)36(33,34)30-9-7-29(8-10-30)12-17-13-31(21(32)35-17)16-4-1-14(2-5-16)20(27)28/h1-6,11,17H,7-10,12-13,26H2,(H3,27,28). The van der Waals surface area contributed by atoms with Gasteiger partial charge in [-0.2, -0.15) is 17.5 Å². The van der Waals surface area contributed by atoms with Crippen molar-refractivity contribution in [1.82, 2.24) is 9.21 Å². The number of benzene rings is 2. The second kappa shape index (κ2) is 9.59. The molecule has 2 aromatic carbocycles. The Labute approximate surface area is 205 Å². The van der Waals surface area contributed by atoms with Crippen LogP contribution in [0.25, 0.3) is 0 Å². The number of nitrogens with zero attached hydrogens (tertiary/aromatic N) is 3. The van der Waals surface area contributed by atoms with Crippen LogP contribution in [0.4, 0.5) is 29.3 Å². The van der Waals surface area contributed by atoms with Crippen LogP contribution in [0.15, 0.2) is 47.4 Å². The van der Waals surface area contributed by atoms with E-state index in [0.29, 0.717) is 49.6 Å². The third-order valence-corrected chi connectivity index (χ3v) is 8.08. The third kappa shape index (κ3) is 5.24. The van der Waals surface area contributed by atoms with E-state index in [1.54, 1.807) is 24.3 Å². The summed E-state index contributed by atoms with van der Waals surface area (Å²) in [6.07, 6.45) is -5.56. The Hall–Kier alpha value is -3.36. The molecule has 1 unspecified atom stereocenters. The number of hydrogen-bond donors (Lipinski definition) is 3. The summed E-state index contributed by atoms with van der Waals surface area (Å²) in [6.45, 7) is 1.62. The van der Waals surface area contributed by atoms with Crippen molar-refractivity contribution < 1.29 is 31.1 Å². The maximum atomic E-state index is 13.0. The highest BCUT2D eigenvalue weighted by atomic mass is 32.2. The van der Waals surface area contributed by atoms with Crippen LogP contribution < -0.4 is 16.4 Å². The molecule has 14 heteroatoms. The fourth-order valence-corrected chi connectivity index (χ4v) is 5.71. The summed E-state index contributed by atoms with van der Waals surface area (Å²) in [6, 6.07) is 8.84. The van der Waals surface area contributed by atoms with Crippen LogP contribution in [-0.2, 0) is 20.9 Å². The highest BCUT2D eigenvalue weighted by Gasteiger charge is 2.37. The Morgan fingerprint density at radius 1 is 1.08 bits per heavy atom. The molecular formula is C22H25F3N6O4S. The lowest BCUT2D eigenvalue weighted by Gasteiger charge is -2.34. The first kappa shape index (κ1) is 25.7. The Kier molecular flexibility index (Phi) is 6.86. The smallest absolute Gasteiger partial charge is 0.416 e. The lowest BCUT2D eigenvalue weighted by Crippen LogP contribution is -2.50. The molecule has 1 amide bonds. The Morgan fingerprint density at radius 3 is 2.28 bits per heavy atom. The molecule has 10 nitrogen and oxygen atoms in total. The zero-order valence-corrected chi connectivity index (χ0v) is 19.8. The molecule has 2 fully saturated rings. The lowest BCUT2D eigenvalue weighted by atomic mass is 10.2. The van der Waals surface area contributed by atoms with Gasteiger partial charge in [0.25, 0.3) is 0 Å². The van der Waals surface area contributed by atoms with Gasteiger partial charge in [-0.3, -0.25) is 15.2 Å². The Bertz CT molecular complexity index is 1260. The molecule has 1 atom stereocenters. The molecule has 2 heterocycles. The number of nitrogens with one attached hydrogen (secondary N) is 1. The van der Waals surface area contributed by atoms with Gasteiger partial charge < -0.3 is 16.2 Å². The molecule has 0 bridgehead atoms. The number of hydrogen-bond acceptors (Lipinski definition) is 7. The van der Waals surface area contributed by atoms with Crippen LogP contribution in [0.5, 0.6) is 0 Å². The number of sulfonamides is 1. The molecule has 0 aliphatic carbocycles. The minimum absolute atomic E-state index is 0.0782. The number of alkyl halides is 3. The summed E-state index contributed by atoms with van der Waals surface area (Å²) in [5.41, 5.74) is 10.8. The van der Waals surface area contributed by atoms with Crippen LogP contribution in [0.1, 0.15) is 11.1 Å². The van der Waals surface area contributed by atoms with E-state index in [-0.39, 0.29) is 23.8 Å². The number of amidine groups is 1. The van der Waals surface area contributed by atoms with Crippen LogP contribution >= 0.6 is 0 Å². The second-order valence-electron chi connectivity index (χ2n) is 8.53. The molecule has 2 aromatic rings. The highest BCUT2D eigenvalue weighted by Crippen LogP contribution is 2.33. The van der Waals surface area contributed by atoms with E-state index in [9.17, 15) is 26.4 Å². The van der Waals surface area contributed by atoms with E-state index < -0.39 is 39.6 Å². The largest absolute Gasteiger partial charge is 0.443 e. The van der Waals surface area contributed by atoms with Gasteiger partial charge in [0.15, 0.2) is 0 Å². The van der Waals surface area contributed by atoms with Crippen LogP contribution in [0.3, 0.4) is 0 Å². The predicted molar refractivity (Wildman–Crippen MR) is 126 cm³/mol. The topological polar surface area (TPSA) is 146 Å². The fourth-order valence-electron chi connectivity index (χ4n) is 4.19. The Morgan fingerprint density at radius 2 is 1.72 bits per heavy atom. The number of cyclic esters (lactones) is 1. The molecule has 36 heavy (non-hydrogen) atoms. The van der Waals surface area contributed by atoms with Crippen LogP contribution in [0.2, 0.25) is 0 Å². The number of anilines is 2. The van der Waals surface area contributed by atoms with E-state index in [1.165, 1.54) is 9.21 Å². The average molecular weight is 527 g/mol. The first-order chi connectivity index (χ1) is 16.9. The zero-order valence-electron chi connectivity index (χ0n) is 19.0. The first-order valence-corrected chi connectivity index (χ1v) is 12.4. The molecule has 2 aliphatic rings. The van der Waals surface area contributed by atoms with Gasteiger partial charge in [0.1, 0.15) is 16.8 Å². The molecule has 2 aliphatic heterocycles. The van der Waals surface area contributed by atoms with E-state index in [1.807, 2.05) is 4.90 Å². The van der Waals surface area contributed by atoms with Gasteiger partial charge >= 0.3 is 12.3 Å². The van der Waals surface area contributed by atoms with Crippen molar-refractivity contribution in [3.8, 4) is 0 Å². The summed E-state index contributed by atoms with van der Waals surface area (Å²) in [7, 11) is -4.07. The summed E-state index contributed by atoms with van der Waals surface area (Å²) in [5.74, 6) is -0.0782. The number of piperazine rings is 1. The maximum Gasteiger partial charge on any atom is 0.416 e. The maximum absolute atomic E-state index is 13.0. The normalized spacial score (nSPS) is 19.9. The summed E-state index contributed by atoms with van der Waals surface area (Å²) in [5, 5.41) is 7.45. The quantitative estimate of drug-likeness (QED) is 0.296. The monoisotopic (exact) mass is 526 g/mol. The SMILES string of the molecule is N=C(N)c1ccc(N2CC(CN3CCN(S(=O)(=O)c4ccc(C(F)(F)F)cc4N)CC3)OC2=O)cc1. The van der Waals surface area contributed by atoms with Crippen molar-refractivity contribution in [3.63, 3.8) is 0 Å². The van der Waals surface area contributed by atoms with Gasteiger partial charge in [-0.05, 0) is 42.5 Å². The minimum Gasteiger partial charge on any atom is -0.443 e. The van der Waals surface area contributed by atoms with Gasteiger partial charge in [-0.1, -0.05) is 0 Å². The fraction of sp³-hybridized carbons (Fsp3) is 0.364. The number of ether oxygens (including phenoxy) is 1. The predicted octanol–water partition coefficient (Wildman–Crippen LogP) is 1.90. The van der Waals surface area contributed by atoms with Gasteiger partial charge in [-0.25, -0.2) is 13.2 Å². The summed E-state index contributed by atoms with van der Waals surface area (Å²) < 4.78 is 71.3. The van der Waals surface area contributed by atoms with Crippen LogP contribution in [-0.4, -0.2) is 74.9 Å². The van der Waals surface area contributed by atoms with Gasteiger partial charge in [-0.15, -0.1) is 0 Å². The molecule has 0 spiro atoms. The van der Waals surface area contributed by atoms with E-state index >= 15 is 0 Å².